The lowest BCUT2D eigenvalue weighted by atomic mass is 9.95. The maximum Gasteiger partial charge on any atom is 0.127 e. The van der Waals surface area contributed by atoms with Gasteiger partial charge in [0.15, 0.2) is 0 Å². The summed E-state index contributed by atoms with van der Waals surface area (Å²) in [4.78, 5) is 2.30. The Morgan fingerprint density at radius 1 is 1.13 bits per heavy atom. The van der Waals surface area contributed by atoms with Crippen LogP contribution in [0.4, 0.5) is 0 Å². The molecule has 1 aromatic heterocycles. The third kappa shape index (κ3) is 1.96. The van der Waals surface area contributed by atoms with Crippen molar-refractivity contribution < 1.29 is 4.42 Å². The quantitative estimate of drug-likeness (QED) is 0.758. The molecule has 0 atom stereocenters. The van der Waals surface area contributed by atoms with Crippen molar-refractivity contribution in [1.29, 1.82) is 0 Å². The highest BCUT2D eigenvalue weighted by Gasteiger charge is 2.31. The largest absolute Gasteiger partial charge is 0.464 e. The molecule has 2 heteroatoms. The van der Waals surface area contributed by atoms with Gasteiger partial charge < -0.3 is 4.42 Å². The van der Waals surface area contributed by atoms with E-state index in [0.29, 0.717) is 0 Å². The van der Waals surface area contributed by atoms with Gasteiger partial charge in [0, 0.05) is 0 Å². The second-order valence-corrected chi connectivity index (χ2v) is 4.81. The smallest absolute Gasteiger partial charge is 0.127 e. The predicted molar refractivity (Wildman–Crippen MR) is 64.2 cm³/mol. The summed E-state index contributed by atoms with van der Waals surface area (Å²) in [6.45, 7) is 13.9. The maximum absolute atomic E-state index is 5.89. The molecule has 86 valence electrons. The zero-order valence-corrected chi connectivity index (χ0v) is 11.1. The molecule has 1 aromatic rings. The van der Waals surface area contributed by atoms with Crippen molar-refractivity contribution in [2.75, 3.05) is 13.6 Å². The topological polar surface area (TPSA) is 16.4 Å². The molecule has 0 bridgehead atoms. The highest BCUT2D eigenvalue weighted by molar-refractivity contribution is 5.34. The van der Waals surface area contributed by atoms with Crippen molar-refractivity contribution >= 4 is 0 Å². The molecule has 1 heterocycles. The lowest BCUT2D eigenvalue weighted by Gasteiger charge is -2.33. The molecule has 0 aliphatic heterocycles. The molecule has 1 rings (SSSR count). The average Bonchev–Trinajstić information content (AvgIpc) is 2.45. The van der Waals surface area contributed by atoms with Crippen molar-refractivity contribution in [3.8, 4) is 0 Å². The van der Waals surface area contributed by atoms with Gasteiger partial charge in [-0.1, -0.05) is 6.92 Å². The molecule has 15 heavy (non-hydrogen) atoms. The molecule has 0 radical (unpaired) electrons. The van der Waals surface area contributed by atoms with Crippen LogP contribution in [0.5, 0.6) is 0 Å². The predicted octanol–water partition coefficient (Wildman–Crippen LogP) is 3.39. The summed E-state index contributed by atoms with van der Waals surface area (Å²) < 4.78 is 5.89. The van der Waals surface area contributed by atoms with Crippen LogP contribution >= 0.6 is 0 Å². The van der Waals surface area contributed by atoms with Crippen LogP contribution in [0.15, 0.2) is 4.42 Å². The average molecular weight is 209 g/mol. The molecule has 2 nitrogen and oxygen atoms in total. The Morgan fingerprint density at radius 3 is 2.00 bits per heavy atom. The number of hydrogen-bond acceptors (Lipinski definition) is 2. The minimum absolute atomic E-state index is 0.0299. The van der Waals surface area contributed by atoms with Gasteiger partial charge in [0.2, 0.25) is 0 Å². The van der Waals surface area contributed by atoms with E-state index < -0.39 is 0 Å². The SMILES string of the molecule is CCN(C)C(C)(C)c1oc(C)c(C)c1C. The van der Waals surface area contributed by atoms with E-state index in [1.807, 2.05) is 6.92 Å². The van der Waals surface area contributed by atoms with Gasteiger partial charge in [-0.15, -0.1) is 0 Å². The summed E-state index contributed by atoms with van der Waals surface area (Å²) in [5.74, 6) is 2.14. The number of nitrogens with zero attached hydrogens (tertiary/aromatic N) is 1. The molecular formula is C13H23NO. The maximum atomic E-state index is 5.89. The van der Waals surface area contributed by atoms with Crippen molar-refractivity contribution in [2.45, 2.75) is 47.1 Å². The van der Waals surface area contributed by atoms with E-state index in [4.69, 9.17) is 4.42 Å². The molecule has 0 fully saturated rings. The Labute approximate surface area is 93.3 Å². The normalized spacial score (nSPS) is 12.5. The number of hydrogen-bond donors (Lipinski definition) is 0. The lowest BCUT2D eigenvalue weighted by molar-refractivity contribution is 0.134. The number of furan rings is 1. The van der Waals surface area contributed by atoms with E-state index in [1.165, 1.54) is 11.1 Å². The van der Waals surface area contributed by atoms with Crippen LogP contribution in [0.2, 0.25) is 0 Å². The molecule has 0 aromatic carbocycles. The van der Waals surface area contributed by atoms with Gasteiger partial charge in [-0.25, -0.2) is 0 Å². The lowest BCUT2D eigenvalue weighted by Crippen LogP contribution is -2.38. The molecule has 0 unspecified atom stereocenters. The minimum Gasteiger partial charge on any atom is -0.464 e. The molecule has 0 amide bonds. The van der Waals surface area contributed by atoms with E-state index in [2.05, 4.69) is 46.6 Å². The fraction of sp³-hybridized carbons (Fsp3) is 0.692. The van der Waals surface area contributed by atoms with E-state index in [9.17, 15) is 0 Å². The van der Waals surface area contributed by atoms with Crippen LogP contribution < -0.4 is 0 Å². The van der Waals surface area contributed by atoms with Crippen LogP contribution in [0.25, 0.3) is 0 Å². The molecule has 0 saturated carbocycles. The summed E-state index contributed by atoms with van der Waals surface area (Å²) in [7, 11) is 2.13. The molecule has 0 saturated heterocycles. The van der Waals surface area contributed by atoms with Gasteiger partial charge in [-0.2, -0.15) is 0 Å². The number of aryl methyl sites for hydroxylation is 1. The third-order valence-electron chi connectivity index (χ3n) is 3.67. The van der Waals surface area contributed by atoms with E-state index in [1.54, 1.807) is 0 Å². The zero-order valence-electron chi connectivity index (χ0n) is 11.1. The van der Waals surface area contributed by atoms with Crippen molar-refractivity contribution in [3.63, 3.8) is 0 Å². The summed E-state index contributed by atoms with van der Waals surface area (Å²) in [5, 5.41) is 0. The Balaban J connectivity index is 3.21. The Kier molecular flexibility index (Phi) is 3.29. The Hall–Kier alpha value is -0.760. The molecule has 0 N–H and O–H groups in total. The molecule has 0 aliphatic carbocycles. The summed E-state index contributed by atoms with van der Waals surface area (Å²) in [6, 6.07) is 0. The van der Waals surface area contributed by atoms with Crippen LogP contribution in [-0.2, 0) is 5.54 Å². The second-order valence-electron chi connectivity index (χ2n) is 4.81. The van der Waals surface area contributed by atoms with E-state index in [-0.39, 0.29) is 5.54 Å². The van der Waals surface area contributed by atoms with Crippen molar-refractivity contribution in [1.82, 2.24) is 4.90 Å². The fourth-order valence-electron chi connectivity index (χ4n) is 1.89. The van der Waals surface area contributed by atoms with Crippen LogP contribution in [0.3, 0.4) is 0 Å². The van der Waals surface area contributed by atoms with Crippen LogP contribution in [0.1, 0.15) is 43.4 Å². The highest BCUT2D eigenvalue weighted by Crippen LogP contribution is 2.33. The highest BCUT2D eigenvalue weighted by atomic mass is 16.3. The zero-order chi connectivity index (χ0) is 11.8. The van der Waals surface area contributed by atoms with Crippen LogP contribution in [-0.4, -0.2) is 18.5 Å². The Bertz CT molecular complexity index is 350. The monoisotopic (exact) mass is 209 g/mol. The van der Waals surface area contributed by atoms with Gasteiger partial charge in [0.05, 0.1) is 5.54 Å². The van der Waals surface area contributed by atoms with Crippen molar-refractivity contribution in [3.05, 3.63) is 22.6 Å². The third-order valence-corrected chi connectivity index (χ3v) is 3.67. The first-order valence-electron chi connectivity index (χ1n) is 5.60. The first-order chi connectivity index (χ1) is 6.82. The van der Waals surface area contributed by atoms with Gasteiger partial charge in [0.1, 0.15) is 11.5 Å². The van der Waals surface area contributed by atoms with Gasteiger partial charge in [-0.3, -0.25) is 4.90 Å². The van der Waals surface area contributed by atoms with Crippen molar-refractivity contribution in [2.24, 2.45) is 0 Å². The van der Waals surface area contributed by atoms with Gasteiger partial charge >= 0.3 is 0 Å². The molecule has 0 aliphatic rings. The fourth-order valence-corrected chi connectivity index (χ4v) is 1.89. The summed E-state index contributed by atoms with van der Waals surface area (Å²) in [5.41, 5.74) is 2.54. The first kappa shape index (κ1) is 12.3. The molecular weight excluding hydrogens is 186 g/mol. The van der Waals surface area contributed by atoms with E-state index >= 15 is 0 Å². The van der Waals surface area contributed by atoms with E-state index in [0.717, 1.165) is 18.1 Å². The first-order valence-corrected chi connectivity index (χ1v) is 5.60. The Morgan fingerprint density at radius 2 is 1.67 bits per heavy atom. The second kappa shape index (κ2) is 4.01. The standard InChI is InChI=1S/C13H23NO/c1-8-14(7)13(5,6)12-10(3)9(2)11(4)15-12/h8H2,1-7H3. The molecule has 0 spiro atoms. The summed E-state index contributed by atoms with van der Waals surface area (Å²) >= 11 is 0. The summed E-state index contributed by atoms with van der Waals surface area (Å²) in [6.07, 6.45) is 0. The van der Waals surface area contributed by atoms with Crippen LogP contribution in [0, 0.1) is 20.8 Å². The number of rotatable bonds is 3. The minimum atomic E-state index is -0.0299. The van der Waals surface area contributed by atoms with Gasteiger partial charge in [-0.05, 0) is 59.3 Å². The van der Waals surface area contributed by atoms with Gasteiger partial charge in [0.25, 0.3) is 0 Å².